The highest BCUT2D eigenvalue weighted by atomic mass is 16.7. The number of hydrogen-bond acceptors (Lipinski definition) is 8. The standard InChI is InChI=1S/C26H42O8/c1-13-14-4-5-17-24(2)8-7-18(28)25(3,16(24)6-9-26(17,10-14)22(13)32)12-33-23-21(31)20(30)19(29)15(11-27)34-23/h14-23,27-32H,1,4-12H2,2-3H3/t14-,15-,16+,17+,18-,19-,20+,21-,22-,23-,24-,25-,26-/m1/s1. The van der Waals surface area contributed by atoms with Crippen LogP contribution in [0.25, 0.3) is 0 Å². The van der Waals surface area contributed by atoms with Crippen LogP contribution in [0, 0.1) is 34.0 Å². The monoisotopic (exact) mass is 482 g/mol. The average molecular weight is 483 g/mol. The molecule has 0 aromatic carbocycles. The molecule has 0 unspecified atom stereocenters. The van der Waals surface area contributed by atoms with Gasteiger partial charge in [0.15, 0.2) is 6.29 Å². The van der Waals surface area contributed by atoms with E-state index in [1.54, 1.807) is 0 Å². The zero-order valence-electron chi connectivity index (χ0n) is 20.3. The Kier molecular flexibility index (Phi) is 6.26. The third kappa shape index (κ3) is 3.33. The van der Waals surface area contributed by atoms with Gasteiger partial charge in [-0.05, 0) is 73.7 Å². The first-order valence-corrected chi connectivity index (χ1v) is 13.0. The van der Waals surface area contributed by atoms with Crippen LogP contribution in [0.3, 0.4) is 0 Å². The zero-order chi connectivity index (χ0) is 24.6. The van der Waals surface area contributed by atoms with Gasteiger partial charge in [-0.1, -0.05) is 20.4 Å². The molecule has 5 fully saturated rings. The van der Waals surface area contributed by atoms with Gasteiger partial charge in [0.25, 0.3) is 0 Å². The van der Waals surface area contributed by atoms with Crippen molar-refractivity contribution in [3.63, 3.8) is 0 Å². The minimum atomic E-state index is -1.49. The van der Waals surface area contributed by atoms with E-state index in [1.807, 2.05) is 6.92 Å². The molecule has 34 heavy (non-hydrogen) atoms. The van der Waals surface area contributed by atoms with Gasteiger partial charge >= 0.3 is 0 Å². The molecular weight excluding hydrogens is 440 g/mol. The first kappa shape index (κ1) is 25.1. The maximum atomic E-state index is 11.3. The number of aliphatic hydroxyl groups is 6. The molecule has 6 N–H and O–H groups in total. The van der Waals surface area contributed by atoms with Gasteiger partial charge in [0.1, 0.15) is 24.4 Å². The van der Waals surface area contributed by atoms with Crippen LogP contribution in [-0.2, 0) is 9.47 Å². The second kappa shape index (κ2) is 8.48. The van der Waals surface area contributed by atoms with Gasteiger partial charge < -0.3 is 40.1 Å². The number of fused-ring (bicyclic) bond motifs is 3. The van der Waals surface area contributed by atoms with E-state index in [-0.39, 0.29) is 23.4 Å². The Morgan fingerprint density at radius 2 is 1.68 bits per heavy atom. The van der Waals surface area contributed by atoms with Gasteiger partial charge in [-0.2, -0.15) is 0 Å². The molecule has 4 saturated carbocycles. The molecule has 8 nitrogen and oxygen atoms in total. The molecule has 8 heteroatoms. The molecule has 1 aliphatic heterocycles. The predicted octanol–water partition coefficient (Wildman–Crippen LogP) is 0.714. The van der Waals surface area contributed by atoms with Gasteiger partial charge in [-0.25, -0.2) is 0 Å². The Morgan fingerprint density at radius 3 is 2.38 bits per heavy atom. The summed E-state index contributed by atoms with van der Waals surface area (Å²) in [6.07, 6.45) is -1.24. The van der Waals surface area contributed by atoms with Crippen molar-refractivity contribution < 1.29 is 40.1 Å². The number of hydrogen-bond donors (Lipinski definition) is 6. The van der Waals surface area contributed by atoms with Crippen molar-refractivity contribution >= 4 is 0 Å². The number of ether oxygens (including phenoxy) is 2. The van der Waals surface area contributed by atoms with Crippen molar-refractivity contribution in [2.24, 2.45) is 34.0 Å². The lowest BCUT2D eigenvalue weighted by Crippen LogP contribution is -2.64. The van der Waals surface area contributed by atoms with Crippen LogP contribution in [-0.4, -0.2) is 86.8 Å². The molecule has 5 rings (SSSR count). The summed E-state index contributed by atoms with van der Waals surface area (Å²) in [6.45, 7) is 8.22. The van der Waals surface area contributed by atoms with E-state index in [9.17, 15) is 30.6 Å². The fourth-order valence-corrected chi connectivity index (χ4v) is 9.06. The van der Waals surface area contributed by atoms with Crippen LogP contribution in [0.5, 0.6) is 0 Å². The Balaban J connectivity index is 1.38. The molecule has 13 atom stereocenters. The van der Waals surface area contributed by atoms with Crippen LogP contribution >= 0.6 is 0 Å². The molecule has 5 aliphatic rings. The quantitative estimate of drug-likeness (QED) is 0.322. The summed E-state index contributed by atoms with van der Waals surface area (Å²) in [7, 11) is 0. The fourth-order valence-electron chi connectivity index (χ4n) is 9.06. The van der Waals surface area contributed by atoms with Crippen molar-refractivity contribution in [1.29, 1.82) is 0 Å². The first-order valence-electron chi connectivity index (χ1n) is 13.0. The molecule has 1 heterocycles. The van der Waals surface area contributed by atoms with E-state index < -0.39 is 54.9 Å². The predicted molar refractivity (Wildman–Crippen MR) is 122 cm³/mol. The maximum absolute atomic E-state index is 11.3. The van der Waals surface area contributed by atoms with E-state index in [2.05, 4.69) is 13.5 Å². The van der Waals surface area contributed by atoms with Gasteiger partial charge in [0, 0.05) is 10.8 Å². The summed E-state index contributed by atoms with van der Waals surface area (Å²) < 4.78 is 11.6. The van der Waals surface area contributed by atoms with Crippen LogP contribution in [0.1, 0.15) is 58.8 Å². The largest absolute Gasteiger partial charge is 0.394 e. The summed E-state index contributed by atoms with van der Waals surface area (Å²) in [5.74, 6) is 0.923. The van der Waals surface area contributed by atoms with Crippen molar-refractivity contribution in [3.8, 4) is 0 Å². The summed E-state index contributed by atoms with van der Waals surface area (Å²) in [6, 6.07) is 0. The van der Waals surface area contributed by atoms with E-state index >= 15 is 0 Å². The topological polar surface area (TPSA) is 140 Å². The lowest BCUT2D eigenvalue weighted by molar-refractivity contribution is -0.315. The highest BCUT2D eigenvalue weighted by molar-refractivity contribution is 5.27. The second-order valence-corrected chi connectivity index (χ2v) is 12.4. The Hall–Kier alpha value is -0.580. The lowest BCUT2D eigenvalue weighted by atomic mass is 9.40. The highest BCUT2D eigenvalue weighted by Crippen LogP contribution is 2.72. The molecule has 194 valence electrons. The van der Waals surface area contributed by atoms with Crippen LogP contribution in [0.2, 0.25) is 0 Å². The van der Waals surface area contributed by atoms with E-state index in [1.165, 1.54) is 0 Å². The highest BCUT2D eigenvalue weighted by Gasteiger charge is 2.68. The Bertz CT molecular complexity index is 804. The minimum absolute atomic E-state index is 0.0679. The summed E-state index contributed by atoms with van der Waals surface area (Å²) in [5, 5.41) is 62.6. The van der Waals surface area contributed by atoms with E-state index in [0.717, 1.165) is 44.1 Å². The third-order valence-electron chi connectivity index (χ3n) is 11.0. The lowest BCUT2D eigenvalue weighted by Gasteiger charge is -2.65. The summed E-state index contributed by atoms with van der Waals surface area (Å²) in [4.78, 5) is 0. The molecule has 2 bridgehead atoms. The molecule has 0 amide bonds. The van der Waals surface area contributed by atoms with E-state index in [4.69, 9.17) is 9.47 Å². The van der Waals surface area contributed by atoms with E-state index in [0.29, 0.717) is 18.3 Å². The van der Waals surface area contributed by atoms with Crippen molar-refractivity contribution in [2.75, 3.05) is 13.2 Å². The van der Waals surface area contributed by atoms with Crippen LogP contribution < -0.4 is 0 Å². The van der Waals surface area contributed by atoms with Gasteiger partial charge in [-0.15, -0.1) is 0 Å². The smallest absolute Gasteiger partial charge is 0.186 e. The molecule has 4 aliphatic carbocycles. The molecular formula is C26H42O8. The minimum Gasteiger partial charge on any atom is -0.394 e. The van der Waals surface area contributed by atoms with Crippen molar-refractivity contribution in [2.45, 2.75) is 102 Å². The maximum Gasteiger partial charge on any atom is 0.186 e. The summed E-state index contributed by atoms with van der Waals surface area (Å²) in [5.41, 5.74) is 0.216. The van der Waals surface area contributed by atoms with Gasteiger partial charge in [0.05, 0.1) is 25.4 Å². The number of rotatable bonds is 4. The Morgan fingerprint density at radius 1 is 0.941 bits per heavy atom. The normalized spacial score (nSPS) is 57.2. The van der Waals surface area contributed by atoms with Crippen molar-refractivity contribution in [1.82, 2.24) is 0 Å². The molecule has 0 aromatic rings. The fraction of sp³-hybridized carbons (Fsp3) is 0.923. The first-order chi connectivity index (χ1) is 16.0. The Labute approximate surface area is 201 Å². The zero-order valence-corrected chi connectivity index (χ0v) is 20.3. The third-order valence-corrected chi connectivity index (χ3v) is 11.0. The summed E-state index contributed by atoms with van der Waals surface area (Å²) >= 11 is 0. The molecule has 1 saturated heterocycles. The molecule has 1 spiro atoms. The van der Waals surface area contributed by atoms with Crippen LogP contribution in [0.15, 0.2) is 12.2 Å². The van der Waals surface area contributed by atoms with Crippen molar-refractivity contribution in [3.05, 3.63) is 12.2 Å². The van der Waals surface area contributed by atoms with Gasteiger partial charge in [0.2, 0.25) is 0 Å². The van der Waals surface area contributed by atoms with Gasteiger partial charge in [-0.3, -0.25) is 0 Å². The van der Waals surface area contributed by atoms with Crippen LogP contribution in [0.4, 0.5) is 0 Å². The molecule has 0 aromatic heterocycles. The second-order valence-electron chi connectivity index (χ2n) is 12.4. The average Bonchev–Trinajstić information content (AvgIpc) is 2.99. The number of aliphatic hydroxyl groups excluding tert-OH is 6. The molecule has 0 radical (unpaired) electrons. The SMILES string of the molecule is C=C1[C@@H]2CC[C@H]3[C@]4(C)CC[C@@H](O)[C@](C)(CO[C@@H]5O[C@H](CO)[C@@H](O)[C@H](O)[C@H]5O)[C@H]4CC[C@]3(C2)[C@@H]1O.